The number of anilines is 1. The first-order chi connectivity index (χ1) is 10.1. The molecule has 0 saturated heterocycles. The highest BCUT2D eigenvalue weighted by Crippen LogP contribution is 2.21. The van der Waals surface area contributed by atoms with E-state index < -0.39 is 12.0 Å². The van der Waals surface area contributed by atoms with Crippen LogP contribution in [0.1, 0.15) is 6.42 Å². The number of amides is 1. The van der Waals surface area contributed by atoms with Crippen molar-refractivity contribution in [3.63, 3.8) is 0 Å². The van der Waals surface area contributed by atoms with Gasteiger partial charge >= 0.3 is 5.97 Å². The Morgan fingerprint density at radius 2 is 2.24 bits per heavy atom. The summed E-state index contributed by atoms with van der Waals surface area (Å²) in [5.41, 5.74) is 7.44. The molecule has 0 aliphatic carbocycles. The van der Waals surface area contributed by atoms with Crippen molar-refractivity contribution in [1.29, 1.82) is 0 Å². The lowest BCUT2D eigenvalue weighted by atomic mass is 10.2. The van der Waals surface area contributed by atoms with E-state index in [0.717, 1.165) is 17.2 Å². The number of nitrogens with two attached hydrogens (primary N) is 1. The molecule has 1 amide bonds. The molecule has 112 valence electrons. The predicted molar refractivity (Wildman–Crippen MR) is 83.6 cm³/mol. The summed E-state index contributed by atoms with van der Waals surface area (Å²) in [4.78, 5) is 22.4. The third-order valence-electron chi connectivity index (χ3n) is 2.68. The van der Waals surface area contributed by atoms with Crippen LogP contribution in [0.2, 0.25) is 0 Å². The lowest BCUT2D eigenvalue weighted by Gasteiger charge is -2.07. The van der Waals surface area contributed by atoms with Crippen LogP contribution in [0.5, 0.6) is 0 Å². The van der Waals surface area contributed by atoms with E-state index in [2.05, 4.69) is 14.1 Å². The Labute approximate surface area is 129 Å². The molecule has 1 unspecified atom stereocenters. The van der Waals surface area contributed by atoms with Crippen LogP contribution in [0.3, 0.4) is 0 Å². The molecule has 0 aliphatic rings. The molecule has 21 heavy (non-hydrogen) atoms. The number of carboxylic acid groups (broad SMARTS) is 1. The fourth-order valence-corrected chi connectivity index (χ4v) is 2.96. The number of aromatic nitrogens is 2. The van der Waals surface area contributed by atoms with E-state index in [1.807, 2.05) is 6.07 Å². The van der Waals surface area contributed by atoms with Gasteiger partial charge in [0.25, 0.3) is 0 Å². The quantitative estimate of drug-likeness (QED) is 0.653. The molecule has 4 N–H and O–H groups in total. The molecule has 1 aromatic carbocycles. The topological polar surface area (TPSA) is 118 Å². The maximum atomic E-state index is 11.8. The number of benzene rings is 1. The van der Waals surface area contributed by atoms with Gasteiger partial charge in [0.1, 0.15) is 17.1 Å². The Bertz CT molecular complexity index is 646. The molecule has 2 aromatic rings. The molecule has 7 nitrogen and oxygen atoms in total. The lowest BCUT2D eigenvalue weighted by molar-refractivity contribution is -0.138. The highest BCUT2D eigenvalue weighted by Gasteiger charge is 2.12. The van der Waals surface area contributed by atoms with Crippen LogP contribution in [-0.4, -0.2) is 43.3 Å². The fourth-order valence-electron chi connectivity index (χ4n) is 1.59. The van der Waals surface area contributed by atoms with E-state index in [9.17, 15) is 9.59 Å². The van der Waals surface area contributed by atoms with E-state index in [1.165, 1.54) is 11.8 Å². The summed E-state index contributed by atoms with van der Waals surface area (Å²) in [6.45, 7) is 0. The van der Waals surface area contributed by atoms with Crippen molar-refractivity contribution in [1.82, 2.24) is 8.75 Å². The zero-order valence-electron chi connectivity index (χ0n) is 11.0. The molecule has 1 heterocycles. The first kappa shape index (κ1) is 15.7. The normalized spacial score (nSPS) is 12.2. The molecule has 0 fully saturated rings. The van der Waals surface area contributed by atoms with E-state index in [0.29, 0.717) is 23.4 Å². The molecule has 0 radical (unpaired) electrons. The number of rotatable bonds is 7. The third kappa shape index (κ3) is 4.38. The minimum Gasteiger partial charge on any atom is -0.480 e. The number of hydrogen-bond donors (Lipinski definition) is 3. The first-order valence-corrected chi connectivity index (χ1v) is 8.03. The van der Waals surface area contributed by atoms with Crippen LogP contribution >= 0.6 is 23.5 Å². The highest BCUT2D eigenvalue weighted by atomic mass is 32.2. The van der Waals surface area contributed by atoms with Gasteiger partial charge in [-0.1, -0.05) is 6.07 Å². The first-order valence-electron chi connectivity index (χ1n) is 6.15. The number of nitrogens with zero attached hydrogens (tertiary/aromatic N) is 2. The van der Waals surface area contributed by atoms with Gasteiger partial charge in [-0.25, -0.2) is 0 Å². The Kier molecular flexibility index (Phi) is 5.48. The largest absolute Gasteiger partial charge is 0.480 e. The number of hydrogen-bond acceptors (Lipinski definition) is 7. The Hall–Kier alpha value is -1.71. The van der Waals surface area contributed by atoms with E-state index >= 15 is 0 Å². The lowest BCUT2D eigenvalue weighted by Crippen LogP contribution is -2.30. The van der Waals surface area contributed by atoms with E-state index in [-0.39, 0.29) is 11.7 Å². The fraction of sp³-hybridized carbons (Fsp3) is 0.333. The number of nitrogens with one attached hydrogen (secondary N) is 1. The predicted octanol–water partition coefficient (Wildman–Crippen LogP) is 1.16. The number of aliphatic carboxylic acids is 1. The van der Waals surface area contributed by atoms with Crippen LogP contribution in [0.15, 0.2) is 18.2 Å². The molecule has 0 bridgehead atoms. The molecule has 1 atom stereocenters. The molecular formula is C12H14N4O3S2. The minimum atomic E-state index is -1.03. The number of fused-ring (bicyclic) bond motifs is 1. The van der Waals surface area contributed by atoms with Gasteiger partial charge in [0.2, 0.25) is 5.91 Å². The van der Waals surface area contributed by atoms with Gasteiger partial charge in [-0.2, -0.15) is 20.5 Å². The molecular weight excluding hydrogens is 312 g/mol. The minimum absolute atomic E-state index is 0.163. The van der Waals surface area contributed by atoms with Gasteiger partial charge in [-0.05, 0) is 24.3 Å². The van der Waals surface area contributed by atoms with Crippen molar-refractivity contribution in [2.45, 2.75) is 12.5 Å². The maximum Gasteiger partial charge on any atom is 0.320 e. The summed E-state index contributed by atoms with van der Waals surface area (Å²) in [6, 6.07) is 4.53. The zero-order chi connectivity index (χ0) is 15.2. The number of carboxylic acids is 1. The molecule has 9 heteroatoms. The highest BCUT2D eigenvalue weighted by molar-refractivity contribution is 7.99. The van der Waals surface area contributed by atoms with Crippen molar-refractivity contribution in [2.24, 2.45) is 5.73 Å². The van der Waals surface area contributed by atoms with Gasteiger partial charge in [0.15, 0.2) is 0 Å². The average molecular weight is 326 g/mol. The van der Waals surface area contributed by atoms with Gasteiger partial charge in [0, 0.05) is 0 Å². The van der Waals surface area contributed by atoms with Gasteiger partial charge in [0.05, 0.1) is 23.2 Å². The van der Waals surface area contributed by atoms with Crippen LogP contribution in [0.25, 0.3) is 11.0 Å². The monoisotopic (exact) mass is 326 g/mol. The Morgan fingerprint density at radius 1 is 1.43 bits per heavy atom. The Balaban J connectivity index is 1.80. The zero-order valence-corrected chi connectivity index (χ0v) is 12.6. The summed E-state index contributed by atoms with van der Waals surface area (Å²) < 4.78 is 8.24. The SMILES string of the molecule is NC(CCSCC(=O)Nc1cccc2nsnc12)C(=O)O. The number of thioether (sulfide) groups is 1. The summed E-state index contributed by atoms with van der Waals surface area (Å²) in [5, 5.41) is 11.4. The smallest absolute Gasteiger partial charge is 0.320 e. The second kappa shape index (κ2) is 7.34. The third-order valence-corrected chi connectivity index (χ3v) is 4.22. The van der Waals surface area contributed by atoms with Gasteiger partial charge in [-0.15, -0.1) is 0 Å². The summed E-state index contributed by atoms with van der Waals surface area (Å²) >= 11 is 2.44. The standard InChI is InChI=1S/C12H14N4O3S2/c13-7(12(18)19)4-5-20-6-10(17)14-8-2-1-3-9-11(8)16-21-15-9/h1-3,7H,4-6,13H2,(H,14,17)(H,18,19). The average Bonchev–Trinajstić information content (AvgIpc) is 2.92. The van der Waals surface area contributed by atoms with E-state index in [1.54, 1.807) is 12.1 Å². The van der Waals surface area contributed by atoms with Crippen molar-refractivity contribution in [2.75, 3.05) is 16.8 Å². The number of carbonyl (C=O) groups excluding carboxylic acids is 1. The Morgan fingerprint density at radius 3 is 3.00 bits per heavy atom. The van der Waals surface area contributed by atoms with Crippen LogP contribution in [0.4, 0.5) is 5.69 Å². The molecule has 0 aliphatic heterocycles. The maximum absolute atomic E-state index is 11.8. The van der Waals surface area contributed by atoms with Crippen molar-refractivity contribution in [3.05, 3.63) is 18.2 Å². The van der Waals surface area contributed by atoms with Crippen molar-refractivity contribution in [3.8, 4) is 0 Å². The van der Waals surface area contributed by atoms with Gasteiger partial charge < -0.3 is 16.2 Å². The summed E-state index contributed by atoms with van der Waals surface area (Å²) in [6.07, 6.45) is 0.332. The molecule has 1 aromatic heterocycles. The molecule has 2 rings (SSSR count). The summed E-state index contributed by atoms with van der Waals surface area (Å²) in [5.74, 6) is -0.434. The second-order valence-corrected chi connectivity index (χ2v) is 5.91. The molecule has 0 saturated carbocycles. The molecule has 0 spiro atoms. The van der Waals surface area contributed by atoms with Crippen molar-refractivity contribution < 1.29 is 14.7 Å². The summed E-state index contributed by atoms with van der Waals surface area (Å²) in [7, 11) is 0. The van der Waals surface area contributed by atoms with Crippen LogP contribution in [-0.2, 0) is 9.59 Å². The van der Waals surface area contributed by atoms with Crippen LogP contribution in [0, 0.1) is 0 Å². The van der Waals surface area contributed by atoms with Crippen LogP contribution < -0.4 is 11.1 Å². The van der Waals surface area contributed by atoms with E-state index in [4.69, 9.17) is 10.8 Å². The number of carbonyl (C=O) groups is 2. The van der Waals surface area contributed by atoms with Gasteiger partial charge in [-0.3, -0.25) is 9.59 Å². The second-order valence-electron chi connectivity index (χ2n) is 4.27. The van der Waals surface area contributed by atoms with Crippen molar-refractivity contribution >= 4 is 52.1 Å².